The fourth-order valence-electron chi connectivity index (χ4n) is 1.53. The molecule has 4 nitrogen and oxygen atoms in total. The van der Waals surface area contributed by atoms with E-state index >= 15 is 0 Å². The van der Waals surface area contributed by atoms with E-state index in [1.807, 2.05) is 55.5 Å². The van der Waals surface area contributed by atoms with Gasteiger partial charge < -0.3 is 11.1 Å². The van der Waals surface area contributed by atoms with Gasteiger partial charge in [-0.05, 0) is 25.1 Å². The van der Waals surface area contributed by atoms with Crippen LogP contribution >= 0.6 is 0 Å². The van der Waals surface area contributed by atoms with Gasteiger partial charge >= 0.3 is 0 Å². The minimum Gasteiger partial charge on any atom is -0.699 e. The van der Waals surface area contributed by atoms with E-state index in [9.17, 15) is 0 Å². The van der Waals surface area contributed by atoms with Crippen LogP contribution in [0.4, 0.5) is 17.3 Å². The Labute approximate surface area is 156 Å². The smallest absolute Gasteiger partial charge is 0.227 e. The van der Waals surface area contributed by atoms with Gasteiger partial charge in [0.2, 0.25) is 5.95 Å². The zero-order valence-corrected chi connectivity index (χ0v) is 15.2. The molecule has 0 atom stereocenters. The molecule has 0 aliphatic heterocycles. The maximum absolute atomic E-state index is 7.35. The first kappa shape index (κ1) is 18.3. The number of hydrogen-bond acceptors (Lipinski definition) is 3. The minimum atomic E-state index is 0. The molecule has 1 aromatic heterocycles. The maximum Gasteiger partial charge on any atom is 0.227 e. The van der Waals surface area contributed by atoms with E-state index in [-0.39, 0.29) is 32.7 Å². The van der Waals surface area contributed by atoms with Crippen molar-refractivity contribution in [2.24, 2.45) is 0 Å². The summed E-state index contributed by atoms with van der Waals surface area (Å²) in [5, 5.41) is 3.07. The molecule has 0 bridgehead atoms. The molecule has 0 aliphatic rings. The van der Waals surface area contributed by atoms with Crippen molar-refractivity contribution in [1.82, 2.24) is 9.97 Å². The molecule has 2 aromatic carbocycles. The third-order valence-corrected chi connectivity index (χ3v) is 2.54. The van der Waals surface area contributed by atoms with Crippen LogP contribution in [0.2, 0.25) is 0 Å². The molecule has 2 N–H and O–H groups in total. The molecular weight excluding hydrogens is 349 g/mol. The van der Waals surface area contributed by atoms with E-state index in [0.717, 1.165) is 11.4 Å². The van der Waals surface area contributed by atoms with Crippen molar-refractivity contribution in [1.29, 1.82) is 0 Å². The van der Waals surface area contributed by atoms with Gasteiger partial charge in [0.25, 0.3) is 0 Å². The third kappa shape index (κ3) is 6.79. The van der Waals surface area contributed by atoms with Gasteiger partial charge in [0.05, 0.1) is 0 Å². The zero-order chi connectivity index (χ0) is 14.9. The van der Waals surface area contributed by atoms with Crippen molar-refractivity contribution < 1.29 is 32.7 Å². The second-order valence-electron chi connectivity index (χ2n) is 4.30. The molecule has 1 heterocycles. The predicted molar refractivity (Wildman–Crippen MR) is 85.8 cm³/mol. The van der Waals surface area contributed by atoms with Gasteiger partial charge in [0, 0.05) is 50.3 Å². The molecule has 0 spiro atoms. The Morgan fingerprint density at radius 1 is 1.00 bits per heavy atom. The van der Waals surface area contributed by atoms with Crippen LogP contribution in [0.1, 0.15) is 5.69 Å². The predicted octanol–water partition coefficient (Wildman–Crippen LogP) is 4.70. The minimum absolute atomic E-state index is 0. The Balaban J connectivity index is 0.000000293. The van der Waals surface area contributed by atoms with Crippen molar-refractivity contribution >= 4 is 17.3 Å². The summed E-state index contributed by atoms with van der Waals surface area (Å²) in [6.07, 6.45) is 1.71. The number of aromatic nitrogens is 2. The van der Waals surface area contributed by atoms with Gasteiger partial charge in [-0.15, -0.1) is 5.69 Å². The van der Waals surface area contributed by atoms with Gasteiger partial charge in [0.15, 0.2) is 0 Å². The number of nitrogens with zero attached hydrogens (tertiary/aromatic N) is 2. The van der Waals surface area contributed by atoms with Crippen molar-refractivity contribution in [2.45, 2.75) is 6.92 Å². The average molecular weight is 365 g/mol. The number of aryl methyl sites for hydroxylation is 1. The first-order valence-corrected chi connectivity index (χ1v) is 6.53. The zero-order valence-electron chi connectivity index (χ0n) is 12.3. The van der Waals surface area contributed by atoms with Crippen molar-refractivity contribution in [2.75, 3.05) is 5.32 Å². The van der Waals surface area contributed by atoms with Crippen molar-refractivity contribution in [3.05, 3.63) is 84.4 Å². The Hall–Kier alpha value is -1.78. The standard InChI is InChI=1S/C11H11N4.C6H5.Y/c1-8-6-7-13-11(14-8)15-10-4-2-9(12)3-5-10;1-2-4-6-5-3-1;/h2-7,12H,1H3,(H,13,14,15);1-5H;/q2*-1;. The van der Waals surface area contributed by atoms with E-state index in [4.69, 9.17) is 5.73 Å². The molecule has 0 amide bonds. The second kappa shape index (κ2) is 10.0. The number of rotatable bonds is 2. The molecule has 5 heteroatoms. The summed E-state index contributed by atoms with van der Waals surface area (Å²) in [6.45, 7) is 1.92. The van der Waals surface area contributed by atoms with E-state index in [1.54, 1.807) is 18.3 Å². The molecule has 1 radical (unpaired) electrons. The van der Waals surface area contributed by atoms with Gasteiger partial charge in [0.1, 0.15) is 0 Å². The molecule has 109 valence electrons. The Morgan fingerprint density at radius 2 is 1.68 bits per heavy atom. The Morgan fingerprint density at radius 3 is 2.18 bits per heavy atom. The van der Waals surface area contributed by atoms with Crippen LogP contribution in [0, 0.1) is 13.0 Å². The van der Waals surface area contributed by atoms with Crippen molar-refractivity contribution in [3.63, 3.8) is 0 Å². The fourth-order valence-corrected chi connectivity index (χ4v) is 1.53. The van der Waals surface area contributed by atoms with E-state index < -0.39 is 0 Å². The average Bonchev–Trinajstić information content (AvgIpc) is 2.52. The van der Waals surface area contributed by atoms with Crippen LogP contribution in [0.15, 0.2) is 66.9 Å². The summed E-state index contributed by atoms with van der Waals surface area (Å²) in [5.74, 6) is 0.577. The molecule has 22 heavy (non-hydrogen) atoms. The summed E-state index contributed by atoms with van der Waals surface area (Å²) in [7, 11) is 0. The first-order valence-electron chi connectivity index (χ1n) is 6.53. The molecule has 0 aliphatic carbocycles. The molecule has 0 fully saturated rings. The normalized spacial score (nSPS) is 8.95. The molecule has 3 rings (SSSR count). The Kier molecular flexibility index (Phi) is 8.33. The molecule has 3 aromatic rings. The number of nitrogens with one attached hydrogen (secondary N) is 2. The van der Waals surface area contributed by atoms with Crippen molar-refractivity contribution in [3.8, 4) is 0 Å². The van der Waals surface area contributed by atoms with Gasteiger partial charge in [-0.3, -0.25) is 0 Å². The Bertz CT molecular complexity index is 630. The summed E-state index contributed by atoms with van der Waals surface area (Å²) >= 11 is 0. The van der Waals surface area contributed by atoms with E-state index in [2.05, 4.69) is 21.4 Å². The fraction of sp³-hybridized carbons (Fsp3) is 0.0588. The molecular formula is C17H16N4Y-2. The topological polar surface area (TPSA) is 61.6 Å². The maximum atomic E-state index is 7.35. The van der Waals surface area contributed by atoms with Crippen LogP contribution in [0.3, 0.4) is 0 Å². The van der Waals surface area contributed by atoms with Crippen LogP contribution in [0.5, 0.6) is 0 Å². The summed E-state index contributed by atoms with van der Waals surface area (Å²) in [4.78, 5) is 8.31. The molecule has 0 saturated carbocycles. The second-order valence-corrected chi connectivity index (χ2v) is 4.30. The van der Waals surface area contributed by atoms with Crippen LogP contribution in [-0.4, -0.2) is 9.97 Å². The van der Waals surface area contributed by atoms with Gasteiger partial charge in [-0.1, -0.05) is 12.1 Å². The van der Waals surface area contributed by atoms with Gasteiger partial charge in [-0.2, -0.15) is 36.4 Å². The summed E-state index contributed by atoms with van der Waals surface area (Å²) in [5.41, 5.74) is 9.64. The van der Waals surface area contributed by atoms with Crippen LogP contribution in [0.25, 0.3) is 5.73 Å². The van der Waals surface area contributed by atoms with Crippen LogP contribution < -0.4 is 5.32 Å². The van der Waals surface area contributed by atoms with Crippen LogP contribution in [-0.2, 0) is 32.7 Å². The number of hydrogen-bond donors (Lipinski definition) is 1. The number of benzene rings is 2. The largest absolute Gasteiger partial charge is 0.699 e. The quantitative estimate of drug-likeness (QED) is 0.670. The van der Waals surface area contributed by atoms with E-state index in [0.29, 0.717) is 11.6 Å². The number of anilines is 2. The monoisotopic (exact) mass is 365 g/mol. The van der Waals surface area contributed by atoms with E-state index in [1.165, 1.54) is 0 Å². The summed E-state index contributed by atoms with van der Waals surface area (Å²) < 4.78 is 0. The summed E-state index contributed by atoms with van der Waals surface area (Å²) in [6, 6.07) is 21.4. The van der Waals surface area contributed by atoms with Gasteiger partial charge in [-0.25, -0.2) is 9.97 Å². The SMILES string of the molecule is Cc1ccnc(Nc2ccc([NH-])cc2)n1.[Y].[c-]1ccccc1. The third-order valence-electron chi connectivity index (χ3n) is 2.54. The molecule has 0 unspecified atom stereocenters. The molecule has 0 saturated heterocycles. The first-order chi connectivity index (χ1) is 10.2.